The summed E-state index contributed by atoms with van der Waals surface area (Å²) in [7, 11) is -5.87. The molecule has 4 aromatic rings. The minimum Gasteiger partial charge on any atom is -0.508 e. The molecule has 4 aromatic carbocycles. The van der Waals surface area contributed by atoms with Gasteiger partial charge < -0.3 is 9.84 Å². The Bertz CT molecular complexity index is 1960. The predicted octanol–water partition coefficient (Wildman–Crippen LogP) is 10.2. The first-order chi connectivity index (χ1) is 23.7. The number of anilines is 2. The SMILES string of the molecule is BrB(Br)Br.COc1cccc(S(=O)(=O)N(CC(C)C)c2ccc(C)cc2C)c1.Cc1ccc(N(CC(C)C)S(=O)(=O)c2cccc(O)c2)c(C)c1. The summed E-state index contributed by atoms with van der Waals surface area (Å²) < 4.78 is 61.0. The molecule has 0 radical (unpaired) electrons. The third kappa shape index (κ3) is 13.4. The van der Waals surface area contributed by atoms with E-state index in [-0.39, 0.29) is 30.6 Å². The molecule has 0 fully saturated rings. The molecule has 0 unspecified atom stereocenters. The molecular weight excluding hydrogens is 883 g/mol. The highest BCUT2D eigenvalue weighted by Gasteiger charge is 2.28. The number of hydrogen-bond acceptors (Lipinski definition) is 6. The monoisotopic (exact) mass is 928 g/mol. The number of nitrogens with zero attached hydrogens (tertiary/aromatic N) is 2. The second-order valence-corrected chi connectivity index (χ2v) is 23.0. The molecule has 8 nitrogen and oxygen atoms in total. The summed E-state index contributed by atoms with van der Waals surface area (Å²) in [5.74, 6) is 0.839. The van der Waals surface area contributed by atoms with Gasteiger partial charge in [-0.25, -0.2) is 16.8 Å². The van der Waals surface area contributed by atoms with E-state index in [2.05, 4.69) is 47.3 Å². The number of aryl methyl sites for hydroxylation is 4. The van der Waals surface area contributed by atoms with Crippen molar-refractivity contribution < 1.29 is 26.7 Å². The third-order valence-electron chi connectivity index (χ3n) is 7.34. The summed E-state index contributed by atoms with van der Waals surface area (Å²) in [4.78, 5) is 0.334. The molecule has 0 bridgehead atoms. The van der Waals surface area contributed by atoms with Gasteiger partial charge in [-0.2, -0.15) is 0 Å². The lowest BCUT2D eigenvalue weighted by molar-refractivity contribution is 0.413. The van der Waals surface area contributed by atoms with Gasteiger partial charge >= 0.3 is 3.18 Å². The highest BCUT2D eigenvalue weighted by atomic mass is 79.9. The van der Waals surface area contributed by atoms with Crippen LogP contribution in [0.4, 0.5) is 11.4 Å². The Morgan fingerprint density at radius 1 is 0.647 bits per heavy atom. The van der Waals surface area contributed by atoms with Crippen LogP contribution in [0.1, 0.15) is 49.9 Å². The van der Waals surface area contributed by atoms with Crippen molar-refractivity contribution in [3.63, 3.8) is 0 Å². The van der Waals surface area contributed by atoms with Crippen LogP contribution >= 0.6 is 47.3 Å². The number of methoxy groups -OCH3 is 1. The van der Waals surface area contributed by atoms with Crippen molar-refractivity contribution >= 4 is 81.9 Å². The van der Waals surface area contributed by atoms with Gasteiger partial charge in [-0.1, -0.05) is 75.2 Å². The normalized spacial score (nSPS) is 11.3. The van der Waals surface area contributed by atoms with Crippen LogP contribution < -0.4 is 13.3 Å². The maximum Gasteiger partial charge on any atom is 0.369 e. The van der Waals surface area contributed by atoms with E-state index in [1.165, 1.54) is 40.0 Å². The summed E-state index contributed by atoms with van der Waals surface area (Å²) in [6.07, 6.45) is 0. The lowest BCUT2D eigenvalue weighted by Crippen LogP contribution is -2.34. The van der Waals surface area contributed by atoms with Crippen LogP contribution in [0, 0.1) is 39.5 Å². The Labute approximate surface area is 330 Å². The molecule has 0 aliphatic carbocycles. The molecule has 14 heteroatoms. The van der Waals surface area contributed by atoms with Crippen LogP contribution in [-0.4, -0.2) is 45.3 Å². The zero-order valence-electron chi connectivity index (χ0n) is 30.6. The number of hydrogen-bond donors (Lipinski definition) is 1. The Kier molecular flexibility index (Phi) is 17.6. The molecule has 0 heterocycles. The van der Waals surface area contributed by atoms with E-state index in [4.69, 9.17) is 4.74 Å². The van der Waals surface area contributed by atoms with E-state index >= 15 is 0 Å². The van der Waals surface area contributed by atoms with E-state index in [1.807, 2.05) is 91.8 Å². The summed E-state index contributed by atoms with van der Waals surface area (Å²) in [5.41, 5.74) is 5.45. The topological polar surface area (TPSA) is 104 Å². The fraction of sp³-hybridized carbons (Fsp3) is 0.351. The summed E-state index contributed by atoms with van der Waals surface area (Å²) in [6, 6.07) is 23.9. The first kappa shape index (κ1) is 44.6. The number of ether oxygens (including phenoxy) is 1. The zero-order valence-corrected chi connectivity index (χ0v) is 37.0. The van der Waals surface area contributed by atoms with Gasteiger partial charge in [0.05, 0.1) is 28.3 Å². The first-order valence-electron chi connectivity index (χ1n) is 16.3. The molecule has 0 aromatic heterocycles. The van der Waals surface area contributed by atoms with E-state index in [9.17, 15) is 21.9 Å². The van der Waals surface area contributed by atoms with Crippen LogP contribution in [0.5, 0.6) is 11.5 Å². The van der Waals surface area contributed by atoms with Crippen molar-refractivity contribution in [2.45, 2.75) is 65.2 Å². The number of halogens is 3. The summed E-state index contributed by atoms with van der Waals surface area (Å²) in [5, 5.41) is 9.62. The molecule has 51 heavy (non-hydrogen) atoms. The average Bonchev–Trinajstić information content (AvgIpc) is 3.03. The Hall–Kier alpha value is -2.52. The van der Waals surface area contributed by atoms with E-state index in [0.717, 1.165) is 27.9 Å². The van der Waals surface area contributed by atoms with Crippen molar-refractivity contribution in [1.29, 1.82) is 0 Å². The van der Waals surface area contributed by atoms with Gasteiger partial charge in [0.1, 0.15) is 11.5 Å². The van der Waals surface area contributed by atoms with E-state index < -0.39 is 20.0 Å². The molecule has 0 saturated carbocycles. The zero-order chi connectivity index (χ0) is 38.7. The number of phenols is 1. The van der Waals surface area contributed by atoms with Gasteiger partial charge in [-0.15, -0.1) is 47.3 Å². The Morgan fingerprint density at radius 2 is 1.04 bits per heavy atom. The third-order valence-corrected chi connectivity index (χ3v) is 10.9. The predicted molar refractivity (Wildman–Crippen MR) is 224 cm³/mol. The number of benzene rings is 4. The molecular formula is C37H48BBr3N2O6S2. The van der Waals surface area contributed by atoms with Gasteiger partial charge in [0.25, 0.3) is 20.0 Å². The number of aromatic hydroxyl groups is 1. The Morgan fingerprint density at radius 3 is 1.39 bits per heavy atom. The molecule has 0 amide bonds. The molecule has 1 N–H and O–H groups in total. The van der Waals surface area contributed by atoms with Crippen molar-refractivity contribution in [2.24, 2.45) is 11.8 Å². The fourth-order valence-corrected chi connectivity index (χ4v) is 8.61. The molecule has 4 rings (SSSR count). The van der Waals surface area contributed by atoms with Gasteiger partial charge in [-0.3, -0.25) is 8.61 Å². The number of phenolic OH excluding ortho intramolecular Hbond substituents is 1. The van der Waals surface area contributed by atoms with Crippen molar-refractivity contribution in [3.05, 3.63) is 107 Å². The van der Waals surface area contributed by atoms with E-state index in [0.29, 0.717) is 24.5 Å². The van der Waals surface area contributed by atoms with Gasteiger partial charge in [0.2, 0.25) is 0 Å². The van der Waals surface area contributed by atoms with Crippen LogP contribution in [-0.2, 0) is 20.0 Å². The Balaban J connectivity index is 0.000000320. The second kappa shape index (κ2) is 20.1. The maximum absolute atomic E-state index is 13.2. The lowest BCUT2D eigenvalue weighted by Gasteiger charge is -2.28. The molecule has 0 atom stereocenters. The average molecular weight is 931 g/mol. The van der Waals surface area contributed by atoms with Crippen LogP contribution in [0.25, 0.3) is 0 Å². The van der Waals surface area contributed by atoms with Gasteiger partial charge in [-0.05, 0) is 87.1 Å². The smallest absolute Gasteiger partial charge is 0.369 e. The maximum atomic E-state index is 13.2. The van der Waals surface area contributed by atoms with E-state index in [1.54, 1.807) is 24.3 Å². The first-order valence-corrected chi connectivity index (χ1v) is 21.9. The number of rotatable bonds is 11. The van der Waals surface area contributed by atoms with Crippen molar-refractivity contribution in [2.75, 3.05) is 28.8 Å². The van der Waals surface area contributed by atoms with Crippen molar-refractivity contribution in [3.8, 4) is 11.5 Å². The summed E-state index contributed by atoms with van der Waals surface area (Å²) >= 11 is 9.31. The highest BCUT2D eigenvalue weighted by molar-refractivity contribution is 9.69. The lowest BCUT2D eigenvalue weighted by atomic mass is 10.1. The molecule has 0 aliphatic rings. The fourth-order valence-electron chi connectivity index (χ4n) is 5.15. The van der Waals surface area contributed by atoms with Crippen LogP contribution in [0.2, 0.25) is 0 Å². The standard InChI is InChI=1S/C19H25NO3S.C18H23NO3S.BBr3/c1-14(2)13-20(19-10-9-15(3)11-16(19)4)24(21,22)18-8-6-7-17(12-18)23-5;1-13(2)12-19(18-9-8-14(3)10-15(18)4)23(21,22)17-7-5-6-16(20)11-17;2-1(3)4/h6-12,14H,13H2,1-5H3;5-11,13,20H,12H2,1-4H3;. The van der Waals surface area contributed by atoms with Gasteiger partial charge in [0.15, 0.2) is 0 Å². The minimum atomic E-state index is -3.73. The largest absolute Gasteiger partial charge is 0.508 e. The minimum absolute atomic E-state index is 0.0591. The van der Waals surface area contributed by atoms with Crippen LogP contribution in [0.3, 0.4) is 0 Å². The van der Waals surface area contributed by atoms with Crippen LogP contribution in [0.15, 0.2) is 94.7 Å². The van der Waals surface area contributed by atoms with Crippen molar-refractivity contribution in [1.82, 2.24) is 0 Å². The van der Waals surface area contributed by atoms with Gasteiger partial charge in [0, 0.05) is 25.2 Å². The number of sulfonamides is 2. The molecule has 0 spiro atoms. The molecule has 278 valence electrons. The highest BCUT2D eigenvalue weighted by Crippen LogP contribution is 2.31. The quantitative estimate of drug-likeness (QED) is 0.150. The molecule has 0 saturated heterocycles. The molecule has 0 aliphatic heterocycles. The summed E-state index contributed by atoms with van der Waals surface area (Å²) in [6.45, 7) is 16.6. The second-order valence-electron chi connectivity index (χ2n) is 12.9.